The number of hydrogen-bond donors (Lipinski definition) is 1. The van der Waals surface area contributed by atoms with Gasteiger partial charge in [-0.1, -0.05) is 36.5 Å². The molecule has 1 aromatic carbocycles. The molecule has 0 fully saturated rings. The third-order valence-corrected chi connectivity index (χ3v) is 4.48. The fourth-order valence-electron chi connectivity index (χ4n) is 1.44. The number of nitrogens with zero attached hydrogens (tertiary/aromatic N) is 1. The van der Waals surface area contributed by atoms with Gasteiger partial charge in [-0.05, 0) is 5.56 Å². The molecule has 20 heavy (non-hydrogen) atoms. The molecule has 0 heterocycles. The number of rotatable bonds is 5. The fraction of sp³-hybridized carbons (Fsp3) is 0.364. The zero-order valence-electron chi connectivity index (χ0n) is 10.5. The molecule has 0 radical (unpaired) electrons. The van der Waals surface area contributed by atoms with Crippen molar-refractivity contribution in [2.45, 2.75) is 11.9 Å². The van der Waals surface area contributed by atoms with Gasteiger partial charge >= 0.3 is 6.18 Å². The minimum absolute atomic E-state index is 0.161. The number of halogens is 3. The summed E-state index contributed by atoms with van der Waals surface area (Å²) < 4.78 is 60.4. The molecule has 112 valence electrons. The van der Waals surface area contributed by atoms with Crippen LogP contribution in [-0.2, 0) is 15.8 Å². The Balaban J connectivity index is 2.83. The normalized spacial score (nSPS) is 12.7. The summed E-state index contributed by atoms with van der Waals surface area (Å²) >= 11 is 4.74. The van der Waals surface area contributed by atoms with E-state index >= 15 is 0 Å². The van der Waals surface area contributed by atoms with Gasteiger partial charge in [0.05, 0.1) is 5.75 Å². The minimum atomic E-state index is -4.57. The summed E-state index contributed by atoms with van der Waals surface area (Å²) in [4.78, 5) is 0.161. The SMILES string of the molecule is CN(CC(F)(F)F)S(=O)(=O)Cc1ccc(C(N)=S)cc1. The summed E-state index contributed by atoms with van der Waals surface area (Å²) in [5, 5.41) is 0. The predicted molar refractivity (Wildman–Crippen MR) is 73.6 cm³/mol. The van der Waals surface area contributed by atoms with E-state index < -0.39 is 28.5 Å². The van der Waals surface area contributed by atoms with Gasteiger partial charge in [0.25, 0.3) is 0 Å². The molecule has 9 heteroatoms. The Bertz CT molecular complexity index is 583. The third kappa shape index (κ3) is 5.06. The van der Waals surface area contributed by atoms with Gasteiger partial charge in [0.2, 0.25) is 10.0 Å². The highest BCUT2D eigenvalue weighted by molar-refractivity contribution is 7.88. The van der Waals surface area contributed by atoms with Crippen LogP contribution in [0.15, 0.2) is 24.3 Å². The number of sulfonamides is 1. The zero-order valence-corrected chi connectivity index (χ0v) is 12.1. The van der Waals surface area contributed by atoms with Crippen LogP contribution in [0.25, 0.3) is 0 Å². The maximum atomic E-state index is 12.2. The van der Waals surface area contributed by atoms with Crippen LogP contribution in [0.4, 0.5) is 13.2 Å². The molecule has 0 atom stereocenters. The lowest BCUT2D eigenvalue weighted by atomic mass is 10.1. The van der Waals surface area contributed by atoms with E-state index in [2.05, 4.69) is 0 Å². The Morgan fingerprint density at radius 1 is 1.30 bits per heavy atom. The van der Waals surface area contributed by atoms with Gasteiger partial charge in [-0.25, -0.2) is 8.42 Å². The van der Waals surface area contributed by atoms with Crippen LogP contribution in [0.2, 0.25) is 0 Å². The van der Waals surface area contributed by atoms with E-state index in [-0.39, 0.29) is 9.29 Å². The van der Waals surface area contributed by atoms with Crippen LogP contribution in [0, 0.1) is 0 Å². The van der Waals surface area contributed by atoms with Crippen molar-refractivity contribution in [1.29, 1.82) is 0 Å². The molecule has 0 aromatic heterocycles. The Labute approximate surface area is 120 Å². The van der Waals surface area contributed by atoms with E-state index in [1.165, 1.54) is 24.3 Å². The van der Waals surface area contributed by atoms with Crippen molar-refractivity contribution in [1.82, 2.24) is 4.31 Å². The molecule has 4 nitrogen and oxygen atoms in total. The second-order valence-electron chi connectivity index (χ2n) is 4.19. The Hall–Kier alpha value is -1.19. The molecule has 0 unspecified atom stereocenters. The van der Waals surface area contributed by atoms with Gasteiger partial charge in [-0.15, -0.1) is 0 Å². The summed E-state index contributed by atoms with van der Waals surface area (Å²) in [5.74, 6) is -0.517. The third-order valence-electron chi connectivity index (χ3n) is 2.46. The van der Waals surface area contributed by atoms with Crippen LogP contribution >= 0.6 is 12.2 Å². The van der Waals surface area contributed by atoms with Crippen LogP contribution in [0.3, 0.4) is 0 Å². The molecule has 0 aliphatic heterocycles. The first-order chi connectivity index (χ1) is 9.01. The molecular formula is C11H13F3N2O2S2. The van der Waals surface area contributed by atoms with Gasteiger partial charge in [0.1, 0.15) is 11.5 Å². The smallest absolute Gasteiger partial charge is 0.389 e. The quantitative estimate of drug-likeness (QED) is 0.836. The van der Waals surface area contributed by atoms with Gasteiger partial charge in [-0.2, -0.15) is 17.5 Å². The number of hydrogen-bond acceptors (Lipinski definition) is 3. The highest BCUT2D eigenvalue weighted by atomic mass is 32.2. The van der Waals surface area contributed by atoms with E-state index in [4.69, 9.17) is 18.0 Å². The van der Waals surface area contributed by atoms with Crippen molar-refractivity contribution in [2.24, 2.45) is 5.73 Å². The first-order valence-corrected chi connectivity index (χ1v) is 7.42. The first-order valence-electron chi connectivity index (χ1n) is 5.41. The molecular weight excluding hydrogens is 313 g/mol. The van der Waals surface area contributed by atoms with E-state index in [0.29, 0.717) is 11.1 Å². The second kappa shape index (κ2) is 6.06. The van der Waals surface area contributed by atoms with Crippen molar-refractivity contribution in [3.05, 3.63) is 35.4 Å². The molecule has 0 aliphatic rings. The summed E-state index contributed by atoms with van der Waals surface area (Å²) in [6, 6.07) is 5.98. The maximum absolute atomic E-state index is 12.2. The van der Waals surface area contributed by atoms with Crippen molar-refractivity contribution in [2.75, 3.05) is 13.6 Å². The fourth-order valence-corrected chi connectivity index (χ4v) is 2.75. The van der Waals surface area contributed by atoms with Crippen LogP contribution < -0.4 is 5.73 Å². The molecule has 0 spiro atoms. The number of alkyl halides is 3. The van der Waals surface area contributed by atoms with E-state index in [1.807, 2.05) is 0 Å². The molecule has 1 rings (SSSR count). The van der Waals surface area contributed by atoms with Gasteiger partial charge in [-0.3, -0.25) is 0 Å². The minimum Gasteiger partial charge on any atom is -0.389 e. The van der Waals surface area contributed by atoms with Crippen molar-refractivity contribution in [3.63, 3.8) is 0 Å². The average molecular weight is 326 g/mol. The van der Waals surface area contributed by atoms with Gasteiger partial charge in [0.15, 0.2) is 0 Å². The Morgan fingerprint density at radius 2 is 1.80 bits per heavy atom. The molecule has 0 saturated carbocycles. The number of thiocarbonyl (C=S) groups is 1. The highest BCUT2D eigenvalue weighted by Crippen LogP contribution is 2.19. The molecule has 0 aliphatic carbocycles. The Kier molecular flexibility index (Phi) is 5.11. The first kappa shape index (κ1) is 16.9. The van der Waals surface area contributed by atoms with Crippen molar-refractivity contribution in [3.8, 4) is 0 Å². The monoisotopic (exact) mass is 326 g/mol. The average Bonchev–Trinajstić information content (AvgIpc) is 2.26. The highest BCUT2D eigenvalue weighted by Gasteiger charge is 2.34. The van der Waals surface area contributed by atoms with Crippen LogP contribution in [0.1, 0.15) is 11.1 Å². The van der Waals surface area contributed by atoms with Crippen molar-refractivity contribution < 1.29 is 21.6 Å². The zero-order chi connectivity index (χ0) is 15.6. The van der Waals surface area contributed by atoms with Crippen molar-refractivity contribution >= 4 is 27.2 Å². The lowest BCUT2D eigenvalue weighted by Gasteiger charge is -2.18. The number of nitrogens with two attached hydrogens (primary N) is 1. The van der Waals surface area contributed by atoms with E-state index in [0.717, 1.165) is 7.05 Å². The summed E-state index contributed by atoms with van der Waals surface area (Å²) in [6.45, 7) is -1.51. The van der Waals surface area contributed by atoms with Crippen LogP contribution in [0.5, 0.6) is 0 Å². The maximum Gasteiger partial charge on any atom is 0.402 e. The molecule has 0 bridgehead atoms. The van der Waals surface area contributed by atoms with Gasteiger partial charge in [0, 0.05) is 12.6 Å². The molecule has 2 N–H and O–H groups in total. The Morgan fingerprint density at radius 3 is 2.20 bits per heavy atom. The number of benzene rings is 1. The van der Waals surface area contributed by atoms with Crippen LogP contribution in [-0.4, -0.2) is 37.5 Å². The second-order valence-corrected chi connectivity index (χ2v) is 6.70. The lowest BCUT2D eigenvalue weighted by molar-refractivity contribution is -0.134. The summed E-state index contributed by atoms with van der Waals surface area (Å²) in [5.41, 5.74) is 6.31. The predicted octanol–water partition coefficient (Wildman–Crippen LogP) is 1.64. The van der Waals surface area contributed by atoms with E-state index in [9.17, 15) is 21.6 Å². The standard InChI is InChI=1S/C11H13F3N2O2S2/c1-16(7-11(12,13)14)20(17,18)6-8-2-4-9(5-3-8)10(15)19/h2-5H,6-7H2,1H3,(H2,15,19). The largest absolute Gasteiger partial charge is 0.402 e. The lowest BCUT2D eigenvalue weighted by Crippen LogP contribution is -2.36. The molecule has 0 saturated heterocycles. The summed E-state index contributed by atoms with van der Waals surface area (Å²) in [7, 11) is -3.14. The van der Waals surface area contributed by atoms with Gasteiger partial charge < -0.3 is 5.73 Å². The molecule has 0 amide bonds. The summed E-state index contributed by atoms with van der Waals surface area (Å²) in [6.07, 6.45) is -4.57. The molecule has 1 aromatic rings. The van der Waals surface area contributed by atoms with E-state index in [1.54, 1.807) is 0 Å². The topological polar surface area (TPSA) is 63.4 Å².